The first-order valence-electron chi connectivity index (χ1n) is 6.22. The molecule has 2 aromatic rings. The molecule has 5 heteroatoms. The molecule has 0 heterocycles. The molecule has 3 N–H and O–H groups in total. The van der Waals surface area contributed by atoms with Crippen molar-refractivity contribution >= 4 is 28.7 Å². The molecule has 0 aliphatic carbocycles. The summed E-state index contributed by atoms with van der Waals surface area (Å²) >= 11 is 5.13. The first-order chi connectivity index (χ1) is 9.75. The summed E-state index contributed by atoms with van der Waals surface area (Å²) in [5, 5.41) is 4.64. The molecule has 0 aromatic heterocycles. The van der Waals surface area contributed by atoms with Crippen molar-refractivity contribution in [2.75, 3.05) is 5.43 Å². The zero-order valence-corrected chi connectivity index (χ0v) is 11.9. The Morgan fingerprint density at radius 2 is 1.55 bits per heavy atom. The van der Waals surface area contributed by atoms with E-state index in [1.165, 1.54) is 0 Å². The quantitative estimate of drug-likeness (QED) is 0.459. The normalized spacial score (nSPS) is 10.8. The average molecular weight is 284 g/mol. The first-order valence-corrected chi connectivity index (χ1v) is 6.63. The summed E-state index contributed by atoms with van der Waals surface area (Å²) < 4.78 is 0. The van der Waals surface area contributed by atoms with E-state index in [1.54, 1.807) is 0 Å². The number of anilines is 1. The van der Waals surface area contributed by atoms with E-state index >= 15 is 0 Å². The fourth-order valence-electron chi connectivity index (χ4n) is 1.56. The number of para-hydroxylation sites is 1. The Hall–Kier alpha value is -2.40. The third kappa shape index (κ3) is 4.37. The molecule has 4 nitrogen and oxygen atoms in total. The van der Waals surface area contributed by atoms with Crippen molar-refractivity contribution in [3.05, 3.63) is 66.2 Å². The molecule has 2 rings (SSSR count). The zero-order valence-electron chi connectivity index (χ0n) is 11.1. The van der Waals surface area contributed by atoms with Gasteiger partial charge in [0.25, 0.3) is 0 Å². The first kappa shape index (κ1) is 14.0. The topological polar surface area (TPSA) is 48.5 Å². The number of thiocarbonyl (C=S) groups is 1. The fraction of sp³-hybridized carbons (Fsp3) is 0.0667. The SMILES string of the molecule is CC(=NNC(=S)NNc1ccccc1)c1ccccc1. The van der Waals surface area contributed by atoms with Crippen molar-refractivity contribution in [1.29, 1.82) is 0 Å². The minimum Gasteiger partial charge on any atom is -0.299 e. The second kappa shape index (κ2) is 7.25. The molecule has 0 atom stereocenters. The largest absolute Gasteiger partial charge is 0.299 e. The van der Waals surface area contributed by atoms with Gasteiger partial charge < -0.3 is 0 Å². The van der Waals surface area contributed by atoms with E-state index in [0.29, 0.717) is 5.11 Å². The van der Waals surface area contributed by atoms with Crippen molar-refractivity contribution in [2.24, 2.45) is 5.10 Å². The maximum atomic E-state index is 5.13. The number of hydrazone groups is 1. The average Bonchev–Trinajstić information content (AvgIpc) is 2.52. The van der Waals surface area contributed by atoms with E-state index in [2.05, 4.69) is 21.4 Å². The van der Waals surface area contributed by atoms with Gasteiger partial charge in [-0.2, -0.15) is 5.10 Å². The number of nitrogens with zero attached hydrogens (tertiary/aromatic N) is 1. The van der Waals surface area contributed by atoms with Crippen LogP contribution in [0.4, 0.5) is 5.69 Å². The van der Waals surface area contributed by atoms with E-state index in [1.807, 2.05) is 67.6 Å². The molecule has 0 saturated heterocycles. The molecular weight excluding hydrogens is 268 g/mol. The predicted octanol–water partition coefficient (Wildman–Crippen LogP) is 2.90. The van der Waals surface area contributed by atoms with Gasteiger partial charge in [0.05, 0.1) is 11.4 Å². The number of hydrazine groups is 1. The summed E-state index contributed by atoms with van der Waals surface area (Å²) in [6.45, 7) is 1.93. The van der Waals surface area contributed by atoms with Crippen molar-refractivity contribution in [1.82, 2.24) is 10.9 Å². The highest BCUT2D eigenvalue weighted by Crippen LogP contribution is 2.02. The van der Waals surface area contributed by atoms with Gasteiger partial charge in [-0.15, -0.1) is 0 Å². The molecule has 0 saturated carbocycles. The lowest BCUT2D eigenvalue weighted by atomic mass is 10.1. The lowest BCUT2D eigenvalue weighted by molar-refractivity contribution is 0.963. The highest BCUT2D eigenvalue weighted by Gasteiger charge is 1.97. The third-order valence-corrected chi connectivity index (χ3v) is 2.80. The summed E-state index contributed by atoms with van der Waals surface area (Å²) in [4.78, 5) is 0. The van der Waals surface area contributed by atoms with Gasteiger partial charge in [-0.05, 0) is 36.8 Å². The Morgan fingerprint density at radius 1 is 0.950 bits per heavy atom. The van der Waals surface area contributed by atoms with Gasteiger partial charge in [0.1, 0.15) is 0 Å². The molecule has 20 heavy (non-hydrogen) atoms. The third-order valence-electron chi connectivity index (χ3n) is 2.61. The number of benzene rings is 2. The summed E-state index contributed by atoms with van der Waals surface area (Å²) in [5.74, 6) is 0. The summed E-state index contributed by atoms with van der Waals surface area (Å²) in [6, 6.07) is 19.6. The molecule has 0 fully saturated rings. The summed E-state index contributed by atoms with van der Waals surface area (Å²) in [7, 11) is 0. The van der Waals surface area contributed by atoms with Gasteiger partial charge in [-0.25, -0.2) is 0 Å². The minimum absolute atomic E-state index is 0.407. The van der Waals surface area contributed by atoms with Crippen LogP contribution in [0, 0.1) is 0 Å². The Kier molecular flexibility index (Phi) is 5.08. The number of nitrogens with one attached hydrogen (secondary N) is 3. The molecule has 0 spiro atoms. The van der Waals surface area contributed by atoms with Gasteiger partial charge in [0, 0.05) is 0 Å². The molecule has 0 unspecified atom stereocenters. The molecule has 0 amide bonds. The van der Waals surface area contributed by atoms with Crippen molar-refractivity contribution in [2.45, 2.75) is 6.92 Å². The fourth-order valence-corrected chi connectivity index (χ4v) is 1.65. The standard InChI is InChI=1S/C15H16N4S/c1-12(13-8-4-2-5-9-13)16-18-15(20)19-17-14-10-6-3-7-11-14/h2-11,17H,1H3,(H2,18,19,20). The second-order valence-corrected chi connectivity index (χ2v) is 4.53. The molecule has 0 bridgehead atoms. The van der Waals surface area contributed by atoms with Crippen molar-refractivity contribution in [3.8, 4) is 0 Å². The van der Waals surface area contributed by atoms with Crippen LogP contribution in [0.3, 0.4) is 0 Å². The van der Waals surface area contributed by atoms with E-state index in [-0.39, 0.29) is 0 Å². The van der Waals surface area contributed by atoms with Gasteiger partial charge in [0.2, 0.25) is 5.11 Å². The minimum atomic E-state index is 0.407. The Bertz CT molecular complexity index is 581. The maximum Gasteiger partial charge on any atom is 0.205 e. The van der Waals surface area contributed by atoms with Crippen molar-refractivity contribution in [3.63, 3.8) is 0 Å². The van der Waals surface area contributed by atoms with Gasteiger partial charge in [0.15, 0.2) is 0 Å². The lowest BCUT2D eigenvalue weighted by Gasteiger charge is -2.10. The highest BCUT2D eigenvalue weighted by atomic mass is 32.1. The van der Waals surface area contributed by atoms with Crippen LogP contribution < -0.4 is 16.3 Å². The molecule has 2 aromatic carbocycles. The Balaban J connectivity index is 1.83. The smallest absolute Gasteiger partial charge is 0.205 e. The highest BCUT2D eigenvalue weighted by molar-refractivity contribution is 7.80. The number of hydrogen-bond donors (Lipinski definition) is 3. The van der Waals surface area contributed by atoms with Crippen LogP contribution in [-0.4, -0.2) is 10.8 Å². The molecule has 0 aliphatic heterocycles. The van der Waals surface area contributed by atoms with E-state index in [4.69, 9.17) is 12.2 Å². The zero-order chi connectivity index (χ0) is 14.2. The van der Waals surface area contributed by atoms with Gasteiger partial charge >= 0.3 is 0 Å². The van der Waals surface area contributed by atoms with Crippen LogP contribution in [-0.2, 0) is 0 Å². The van der Waals surface area contributed by atoms with Crippen LogP contribution in [0.5, 0.6) is 0 Å². The predicted molar refractivity (Wildman–Crippen MR) is 87.6 cm³/mol. The monoisotopic (exact) mass is 284 g/mol. The molecule has 0 aliphatic rings. The van der Waals surface area contributed by atoms with Crippen LogP contribution in [0.15, 0.2) is 65.8 Å². The van der Waals surface area contributed by atoms with Crippen LogP contribution in [0.1, 0.15) is 12.5 Å². The number of hydrogen-bond acceptors (Lipinski definition) is 3. The lowest BCUT2D eigenvalue weighted by Crippen LogP contribution is -2.36. The van der Waals surface area contributed by atoms with Crippen LogP contribution in [0.2, 0.25) is 0 Å². The molecule has 0 radical (unpaired) electrons. The van der Waals surface area contributed by atoms with Crippen molar-refractivity contribution < 1.29 is 0 Å². The Labute approximate surface area is 123 Å². The van der Waals surface area contributed by atoms with Crippen LogP contribution >= 0.6 is 12.2 Å². The molecule has 102 valence electrons. The molecular formula is C15H16N4S. The van der Waals surface area contributed by atoms with Crippen LogP contribution in [0.25, 0.3) is 0 Å². The maximum absolute atomic E-state index is 5.13. The summed E-state index contributed by atoms with van der Waals surface area (Å²) in [5.41, 5.74) is 11.5. The van der Waals surface area contributed by atoms with E-state index in [9.17, 15) is 0 Å². The Morgan fingerprint density at radius 3 is 2.20 bits per heavy atom. The van der Waals surface area contributed by atoms with Gasteiger partial charge in [-0.3, -0.25) is 16.3 Å². The second-order valence-electron chi connectivity index (χ2n) is 4.12. The van der Waals surface area contributed by atoms with E-state index < -0.39 is 0 Å². The number of rotatable bonds is 4. The van der Waals surface area contributed by atoms with E-state index in [0.717, 1.165) is 17.0 Å². The van der Waals surface area contributed by atoms with Gasteiger partial charge in [-0.1, -0.05) is 48.5 Å². The summed E-state index contributed by atoms with van der Waals surface area (Å²) in [6.07, 6.45) is 0.